The fraction of sp³-hybridized carbons (Fsp3) is 0.514. The van der Waals surface area contributed by atoms with Gasteiger partial charge in [-0.05, 0) is 74.5 Å². The van der Waals surface area contributed by atoms with Crippen LogP contribution >= 0.6 is 0 Å². The Morgan fingerprint density at radius 2 is 1.83 bits per heavy atom. The number of nitrogens with zero attached hydrogens (tertiary/aromatic N) is 5. The third kappa shape index (κ3) is 6.71. The summed E-state index contributed by atoms with van der Waals surface area (Å²) in [5.41, 5.74) is 3.10. The minimum atomic E-state index is -0.163. The van der Waals surface area contributed by atoms with Crippen LogP contribution in [0.5, 0.6) is 0 Å². The highest BCUT2D eigenvalue weighted by Gasteiger charge is 2.44. The second-order valence-corrected chi connectivity index (χ2v) is 12.2. The number of carbonyl (C=O) groups excluding carboxylic acids is 1. The van der Waals surface area contributed by atoms with Crippen molar-refractivity contribution in [2.45, 2.75) is 70.4 Å². The first-order valence-electron chi connectivity index (χ1n) is 15.7. The van der Waals surface area contributed by atoms with Crippen LogP contribution in [0.3, 0.4) is 0 Å². The van der Waals surface area contributed by atoms with E-state index >= 15 is 0 Å². The van der Waals surface area contributed by atoms with Crippen molar-refractivity contribution < 1.29 is 9.53 Å². The second-order valence-electron chi connectivity index (χ2n) is 12.2. The molecule has 2 aliphatic heterocycles. The molecular formula is C35H45N5O2. The van der Waals surface area contributed by atoms with Crippen molar-refractivity contribution in [1.82, 2.24) is 14.5 Å². The maximum absolute atomic E-state index is 11.6. The number of aromatic nitrogens is 2. The molecule has 3 aromatic rings. The van der Waals surface area contributed by atoms with E-state index < -0.39 is 0 Å². The summed E-state index contributed by atoms with van der Waals surface area (Å²) in [5, 5.41) is 9.08. The smallest absolute Gasteiger partial charge is 0.293 e. The summed E-state index contributed by atoms with van der Waals surface area (Å²) in [4.78, 5) is 21.3. The average molecular weight is 568 g/mol. The molecule has 0 saturated carbocycles. The molecule has 2 unspecified atom stereocenters. The highest BCUT2D eigenvalue weighted by Crippen LogP contribution is 2.45. The molecule has 0 aliphatic carbocycles. The lowest BCUT2D eigenvalue weighted by atomic mass is 9.63. The van der Waals surface area contributed by atoms with Crippen LogP contribution in [0.15, 0.2) is 67.0 Å². The van der Waals surface area contributed by atoms with Crippen LogP contribution in [0.25, 0.3) is 0 Å². The first-order valence-corrected chi connectivity index (χ1v) is 15.7. The zero-order valence-corrected chi connectivity index (χ0v) is 25.2. The van der Waals surface area contributed by atoms with Crippen LogP contribution < -0.4 is 4.90 Å². The molecule has 0 radical (unpaired) electrons. The number of hydrogen-bond acceptors (Lipinski definition) is 6. The Kier molecular flexibility index (Phi) is 9.97. The Morgan fingerprint density at radius 3 is 2.48 bits per heavy atom. The van der Waals surface area contributed by atoms with E-state index in [2.05, 4.69) is 87.9 Å². The topological polar surface area (TPSA) is 74.4 Å². The van der Waals surface area contributed by atoms with Crippen molar-refractivity contribution in [3.05, 3.63) is 83.9 Å². The largest absolute Gasteiger partial charge is 0.465 e. The zero-order valence-electron chi connectivity index (χ0n) is 25.2. The van der Waals surface area contributed by atoms with E-state index in [1.54, 1.807) is 0 Å². The predicted molar refractivity (Wildman–Crippen MR) is 166 cm³/mol. The lowest BCUT2D eigenvalue weighted by molar-refractivity contribution is -0.135. The fourth-order valence-corrected chi connectivity index (χ4v) is 7.38. The molecule has 1 aromatic heterocycles. The highest BCUT2D eigenvalue weighted by molar-refractivity contribution is 5.51. The minimum Gasteiger partial charge on any atom is -0.465 e. The number of benzene rings is 2. The van der Waals surface area contributed by atoms with E-state index in [0.29, 0.717) is 23.9 Å². The number of rotatable bonds is 14. The van der Waals surface area contributed by atoms with E-state index in [4.69, 9.17) is 10.00 Å². The summed E-state index contributed by atoms with van der Waals surface area (Å²) in [6.07, 6.45) is 9.73. The number of piperidine rings is 1. The molecule has 7 nitrogen and oxygen atoms in total. The Labute approximate surface area is 251 Å². The number of imidazole rings is 1. The minimum absolute atomic E-state index is 0.109. The van der Waals surface area contributed by atoms with Crippen molar-refractivity contribution in [1.29, 1.82) is 5.26 Å². The maximum atomic E-state index is 11.6. The van der Waals surface area contributed by atoms with Crippen LogP contribution in [0.1, 0.15) is 62.9 Å². The summed E-state index contributed by atoms with van der Waals surface area (Å²) in [5.74, 6) is 2.24. The van der Waals surface area contributed by atoms with Crippen molar-refractivity contribution >= 4 is 12.2 Å². The van der Waals surface area contributed by atoms with Gasteiger partial charge < -0.3 is 19.1 Å². The maximum Gasteiger partial charge on any atom is 0.293 e. The van der Waals surface area contributed by atoms with E-state index in [1.165, 1.54) is 11.3 Å². The van der Waals surface area contributed by atoms with Gasteiger partial charge in [0.25, 0.3) is 6.47 Å². The van der Waals surface area contributed by atoms with E-state index in [9.17, 15) is 4.79 Å². The molecule has 2 aliphatic rings. The van der Waals surface area contributed by atoms with Gasteiger partial charge in [-0.2, -0.15) is 5.26 Å². The van der Waals surface area contributed by atoms with Crippen LogP contribution in [0, 0.1) is 23.2 Å². The lowest BCUT2D eigenvalue weighted by Crippen LogP contribution is -2.54. The highest BCUT2D eigenvalue weighted by atomic mass is 16.5. The third-order valence-electron chi connectivity index (χ3n) is 9.57. The SMILES string of the molecule is CCCC(CC(Cn1ccnc1CC)(c1ccccc1)C1CCN(CC2CN(c3ccc(C#N)cc3)C2)CC1)OC=O. The van der Waals surface area contributed by atoms with Gasteiger partial charge in [-0.1, -0.05) is 50.6 Å². The third-order valence-corrected chi connectivity index (χ3v) is 9.57. The first kappa shape index (κ1) is 29.8. The zero-order chi connectivity index (χ0) is 29.4. The Balaban J connectivity index is 1.31. The molecule has 0 amide bonds. The number of carbonyl (C=O) groups is 1. The molecule has 0 spiro atoms. The van der Waals surface area contributed by atoms with Gasteiger partial charge in [0.2, 0.25) is 0 Å². The molecule has 2 aromatic carbocycles. The molecule has 2 fully saturated rings. The summed E-state index contributed by atoms with van der Waals surface area (Å²) in [7, 11) is 0. The molecule has 42 heavy (non-hydrogen) atoms. The summed E-state index contributed by atoms with van der Waals surface area (Å²) >= 11 is 0. The van der Waals surface area contributed by atoms with Crippen LogP contribution in [0.2, 0.25) is 0 Å². The van der Waals surface area contributed by atoms with Gasteiger partial charge in [0.15, 0.2) is 0 Å². The van der Waals surface area contributed by atoms with Crippen LogP contribution in [0.4, 0.5) is 5.69 Å². The normalized spacial score (nSPS) is 18.5. The number of likely N-dealkylation sites (tertiary alicyclic amines) is 1. The molecule has 2 saturated heterocycles. The Hall–Kier alpha value is -3.63. The molecule has 0 bridgehead atoms. The second kappa shape index (κ2) is 14.0. The Morgan fingerprint density at radius 1 is 1.10 bits per heavy atom. The van der Waals surface area contributed by atoms with Crippen molar-refractivity contribution in [3.8, 4) is 6.07 Å². The van der Waals surface area contributed by atoms with Crippen molar-refractivity contribution in [2.75, 3.05) is 37.6 Å². The molecular weight excluding hydrogens is 522 g/mol. The van der Waals surface area contributed by atoms with Crippen LogP contribution in [-0.4, -0.2) is 59.8 Å². The van der Waals surface area contributed by atoms with Gasteiger partial charge in [-0.15, -0.1) is 0 Å². The molecule has 3 heterocycles. The number of hydrogen-bond donors (Lipinski definition) is 0. The van der Waals surface area contributed by atoms with E-state index in [0.717, 1.165) is 83.6 Å². The molecule has 5 rings (SSSR count). The number of aryl methyl sites for hydroxylation is 1. The molecule has 7 heteroatoms. The van der Waals surface area contributed by atoms with Crippen molar-refractivity contribution in [3.63, 3.8) is 0 Å². The summed E-state index contributed by atoms with van der Waals surface area (Å²) in [6.45, 7) is 11.3. The van der Waals surface area contributed by atoms with Gasteiger partial charge in [0, 0.05) is 62.0 Å². The fourth-order valence-electron chi connectivity index (χ4n) is 7.38. The standard InChI is InChI=1S/C35H45N5O2/c1-3-8-33(42-27-41)21-35(30-9-6-5-7-10-30,26-39-20-17-37-34(39)4-2)31-15-18-38(19-16-31)23-29-24-40(25-29)32-13-11-28(22-36)12-14-32/h5-7,9-14,17,20,27,29,31,33H,3-4,8,15-16,18-19,21,23-26H2,1-2H3. The van der Waals surface area contributed by atoms with Gasteiger partial charge >= 0.3 is 0 Å². The Bertz CT molecular complexity index is 1300. The lowest BCUT2D eigenvalue weighted by Gasteiger charge is -2.48. The predicted octanol–water partition coefficient (Wildman–Crippen LogP) is 5.84. The van der Waals surface area contributed by atoms with E-state index in [-0.39, 0.29) is 11.5 Å². The quantitative estimate of drug-likeness (QED) is 0.228. The van der Waals surface area contributed by atoms with E-state index in [1.807, 2.05) is 18.3 Å². The van der Waals surface area contributed by atoms with Crippen LogP contribution in [-0.2, 0) is 27.9 Å². The van der Waals surface area contributed by atoms with Gasteiger partial charge in [-0.25, -0.2) is 4.98 Å². The number of ether oxygens (including phenoxy) is 1. The number of nitriles is 1. The summed E-state index contributed by atoms with van der Waals surface area (Å²) in [6, 6.07) is 21.1. The number of anilines is 1. The molecule has 222 valence electrons. The molecule has 0 N–H and O–H groups in total. The van der Waals surface area contributed by atoms with Gasteiger partial charge in [0.1, 0.15) is 11.9 Å². The van der Waals surface area contributed by atoms with Gasteiger partial charge in [0.05, 0.1) is 11.6 Å². The van der Waals surface area contributed by atoms with Crippen molar-refractivity contribution in [2.24, 2.45) is 11.8 Å². The monoisotopic (exact) mass is 567 g/mol. The summed E-state index contributed by atoms with van der Waals surface area (Å²) < 4.78 is 8.09. The average Bonchev–Trinajstić information content (AvgIpc) is 3.46. The molecule has 2 atom stereocenters. The first-order chi connectivity index (χ1) is 20.6. The van der Waals surface area contributed by atoms with Gasteiger partial charge in [-0.3, -0.25) is 4.79 Å².